The molecule has 2 amide bonds. The van der Waals surface area contributed by atoms with Crippen LogP contribution in [-0.4, -0.2) is 53.2 Å². The zero-order valence-corrected chi connectivity index (χ0v) is 15.1. The Kier molecular flexibility index (Phi) is 4.03. The van der Waals surface area contributed by atoms with Gasteiger partial charge in [-0.2, -0.15) is 5.10 Å². The van der Waals surface area contributed by atoms with E-state index >= 15 is 0 Å². The normalized spacial score (nSPS) is 22.7. The second kappa shape index (κ2) is 6.25. The molecule has 1 aromatic carbocycles. The third-order valence-electron chi connectivity index (χ3n) is 5.41. The number of fused-ring (bicyclic) bond motifs is 2. The first-order valence-electron chi connectivity index (χ1n) is 8.89. The van der Waals surface area contributed by atoms with Crippen LogP contribution in [0.1, 0.15) is 18.4 Å². The summed E-state index contributed by atoms with van der Waals surface area (Å²) in [6.07, 6.45) is 3.51. The van der Waals surface area contributed by atoms with Gasteiger partial charge >= 0.3 is 0 Å². The highest BCUT2D eigenvalue weighted by atomic mass is 16.2. The largest absolute Gasteiger partial charge is 0.314 e. The zero-order valence-electron chi connectivity index (χ0n) is 15.1. The number of aromatic nitrogens is 2. The van der Waals surface area contributed by atoms with Crippen LogP contribution in [0.15, 0.2) is 36.5 Å². The number of para-hydroxylation sites is 1. The van der Waals surface area contributed by atoms with Crippen molar-refractivity contribution >= 4 is 23.3 Å². The lowest BCUT2D eigenvalue weighted by Crippen LogP contribution is -2.52. The number of carbonyl (C=O) groups is 2. The maximum Gasteiger partial charge on any atom is 0.239 e. The summed E-state index contributed by atoms with van der Waals surface area (Å²) in [7, 11) is 3.65. The van der Waals surface area contributed by atoms with Crippen LogP contribution >= 0.6 is 0 Å². The first-order chi connectivity index (χ1) is 12.5. The zero-order chi connectivity index (χ0) is 18.3. The standard InChI is InChI=1S/C19H23N5O2/c1-22-11-8-16(21-22)20-17(25)12-24-10-5-9-19(13-24)14-6-3-4-7-15(14)23(2)18(19)26/h3-4,6-8,11H,5,9-10,12-13H2,1-2H3,(H,20,21,25)/t19-/m0/s1. The fraction of sp³-hybridized carbons (Fsp3) is 0.421. The molecule has 4 rings (SSSR count). The maximum absolute atomic E-state index is 13.1. The van der Waals surface area contributed by atoms with E-state index in [4.69, 9.17) is 0 Å². The lowest BCUT2D eigenvalue weighted by molar-refractivity contribution is -0.126. The van der Waals surface area contributed by atoms with Gasteiger partial charge in [0, 0.05) is 38.6 Å². The van der Waals surface area contributed by atoms with Gasteiger partial charge in [0.15, 0.2) is 5.82 Å². The Morgan fingerprint density at radius 3 is 2.85 bits per heavy atom. The van der Waals surface area contributed by atoms with E-state index in [-0.39, 0.29) is 18.4 Å². The van der Waals surface area contributed by atoms with E-state index in [1.54, 1.807) is 21.8 Å². The summed E-state index contributed by atoms with van der Waals surface area (Å²) in [4.78, 5) is 29.3. The average Bonchev–Trinajstić information content (AvgIpc) is 3.12. The van der Waals surface area contributed by atoms with Crippen molar-refractivity contribution in [1.29, 1.82) is 0 Å². The number of anilines is 2. The van der Waals surface area contributed by atoms with Crippen LogP contribution in [0.4, 0.5) is 11.5 Å². The molecule has 1 atom stereocenters. The number of carbonyl (C=O) groups excluding carboxylic acids is 2. The summed E-state index contributed by atoms with van der Waals surface area (Å²) in [6, 6.07) is 9.76. The Hall–Kier alpha value is -2.67. The number of hydrogen-bond acceptors (Lipinski definition) is 4. The lowest BCUT2D eigenvalue weighted by Gasteiger charge is -2.39. The number of amides is 2. The van der Waals surface area contributed by atoms with Crippen molar-refractivity contribution in [2.45, 2.75) is 18.3 Å². The Balaban J connectivity index is 1.51. The number of rotatable bonds is 3. The summed E-state index contributed by atoms with van der Waals surface area (Å²) in [5.41, 5.74) is 1.54. The molecule has 0 unspecified atom stereocenters. The van der Waals surface area contributed by atoms with E-state index in [2.05, 4.69) is 15.3 Å². The SMILES string of the molecule is CN1C(=O)[C@]2(CCCN(CC(=O)Nc3ccn(C)n3)C2)c2ccccc21. The number of likely N-dealkylation sites (N-methyl/N-ethyl adjacent to an activating group) is 1. The van der Waals surface area contributed by atoms with Crippen molar-refractivity contribution in [3.63, 3.8) is 0 Å². The number of nitrogens with one attached hydrogen (secondary N) is 1. The molecule has 26 heavy (non-hydrogen) atoms. The van der Waals surface area contributed by atoms with Crippen molar-refractivity contribution in [3.8, 4) is 0 Å². The van der Waals surface area contributed by atoms with Crippen LogP contribution < -0.4 is 10.2 Å². The molecule has 1 spiro atoms. The van der Waals surface area contributed by atoms with Gasteiger partial charge < -0.3 is 10.2 Å². The molecule has 1 aromatic heterocycles. The quantitative estimate of drug-likeness (QED) is 0.905. The number of piperidine rings is 1. The van der Waals surface area contributed by atoms with Crippen molar-refractivity contribution in [2.75, 3.05) is 36.9 Å². The minimum atomic E-state index is -0.533. The Labute approximate surface area is 152 Å². The summed E-state index contributed by atoms with van der Waals surface area (Å²) < 4.78 is 1.65. The minimum absolute atomic E-state index is 0.104. The molecule has 1 saturated heterocycles. The summed E-state index contributed by atoms with van der Waals surface area (Å²) >= 11 is 0. The number of likely N-dealkylation sites (tertiary alicyclic amines) is 1. The van der Waals surface area contributed by atoms with Crippen molar-refractivity contribution in [2.24, 2.45) is 7.05 Å². The average molecular weight is 353 g/mol. The molecule has 0 saturated carbocycles. The molecular formula is C19H23N5O2. The Morgan fingerprint density at radius 1 is 1.27 bits per heavy atom. The summed E-state index contributed by atoms with van der Waals surface area (Å²) in [5, 5.41) is 6.99. The Bertz CT molecular complexity index is 861. The van der Waals surface area contributed by atoms with Crippen LogP contribution in [0.5, 0.6) is 0 Å². The van der Waals surface area contributed by atoms with Gasteiger partial charge in [-0.3, -0.25) is 19.2 Å². The highest BCUT2D eigenvalue weighted by Crippen LogP contribution is 2.46. The molecule has 7 heteroatoms. The van der Waals surface area contributed by atoms with E-state index in [1.165, 1.54) is 0 Å². The van der Waals surface area contributed by atoms with Gasteiger partial charge in [0.25, 0.3) is 0 Å². The van der Waals surface area contributed by atoms with Gasteiger partial charge in [0.1, 0.15) is 0 Å². The predicted octanol–water partition coefficient (Wildman–Crippen LogP) is 1.37. The van der Waals surface area contributed by atoms with E-state index in [1.807, 2.05) is 38.4 Å². The molecule has 2 aromatic rings. The predicted molar refractivity (Wildman–Crippen MR) is 99.0 cm³/mol. The second-order valence-electron chi connectivity index (χ2n) is 7.20. The molecule has 136 valence electrons. The molecule has 0 bridgehead atoms. The molecule has 0 radical (unpaired) electrons. The fourth-order valence-corrected chi connectivity index (χ4v) is 4.26. The van der Waals surface area contributed by atoms with Gasteiger partial charge in [-0.05, 0) is 31.0 Å². The van der Waals surface area contributed by atoms with Crippen LogP contribution in [0.3, 0.4) is 0 Å². The van der Waals surface area contributed by atoms with Crippen LogP contribution in [0.2, 0.25) is 0 Å². The molecular weight excluding hydrogens is 330 g/mol. The van der Waals surface area contributed by atoms with Gasteiger partial charge in [-0.1, -0.05) is 18.2 Å². The first-order valence-corrected chi connectivity index (χ1v) is 8.89. The van der Waals surface area contributed by atoms with E-state index in [0.29, 0.717) is 12.4 Å². The Morgan fingerprint density at radius 2 is 2.08 bits per heavy atom. The van der Waals surface area contributed by atoms with Gasteiger partial charge in [0.05, 0.1) is 12.0 Å². The molecule has 0 aliphatic carbocycles. The molecule has 1 fully saturated rings. The highest BCUT2D eigenvalue weighted by Gasteiger charge is 2.51. The number of hydrogen-bond donors (Lipinski definition) is 1. The second-order valence-corrected chi connectivity index (χ2v) is 7.20. The van der Waals surface area contributed by atoms with Crippen molar-refractivity contribution < 1.29 is 9.59 Å². The lowest BCUT2D eigenvalue weighted by atomic mass is 9.75. The minimum Gasteiger partial charge on any atom is -0.314 e. The van der Waals surface area contributed by atoms with Crippen molar-refractivity contribution in [1.82, 2.24) is 14.7 Å². The maximum atomic E-state index is 13.1. The van der Waals surface area contributed by atoms with Gasteiger partial charge in [-0.15, -0.1) is 0 Å². The molecule has 3 heterocycles. The topological polar surface area (TPSA) is 70.5 Å². The van der Waals surface area contributed by atoms with Crippen LogP contribution in [0, 0.1) is 0 Å². The van der Waals surface area contributed by atoms with Crippen LogP contribution in [0.25, 0.3) is 0 Å². The molecule has 2 aliphatic rings. The highest BCUT2D eigenvalue weighted by molar-refractivity contribution is 6.08. The monoisotopic (exact) mass is 353 g/mol. The van der Waals surface area contributed by atoms with Crippen molar-refractivity contribution in [3.05, 3.63) is 42.1 Å². The number of benzene rings is 1. The third-order valence-corrected chi connectivity index (χ3v) is 5.41. The fourth-order valence-electron chi connectivity index (χ4n) is 4.26. The van der Waals surface area contributed by atoms with E-state index in [9.17, 15) is 9.59 Å². The van der Waals surface area contributed by atoms with Gasteiger partial charge in [-0.25, -0.2) is 0 Å². The smallest absolute Gasteiger partial charge is 0.239 e. The van der Waals surface area contributed by atoms with E-state index in [0.717, 1.165) is 30.6 Å². The van der Waals surface area contributed by atoms with Crippen LogP contribution in [-0.2, 0) is 22.1 Å². The first kappa shape index (κ1) is 16.8. The van der Waals surface area contributed by atoms with E-state index < -0.39 is 5.41 Å². The summed E-state index contributed by atoms with van der Waals surface area (Å²) in [6.45, 7) is 1.65. The molecule has 7 nitrogen and oxygen atoms in total. The molecule has 1 N–H and O–H groups in total. The summed E-state index contributed by atoms with van der Waals surface area (Å²) in [5.74, 6) is 0.576. The third kappa shape index (κ3) is 2.68. The number of aryl methyl sites for hydroxylation is 1. The van der Waals surface area contributed by atoms with Gasteiger partial charge in [0.2, 0.25) is 11.8 Å². The number of nitrogens with zero attached hydrogens (tertiary/aromatic N) is 4. The molecule has 2 aliphatic heterocycles.